The molecular formula is C21H32N2O3. The van der Waals surface area contributed by atoms with Crippen LogP contribution in [0.1, 0.15) is 63.4 Å². The fourth-order valence-electron chi connectivity index (χ4n) is 4.49. The Morgan fingerprint density at radius 2 is 1.92 bits per heavy atom. The summed E-state index contributed by atoms with van der Waals surface area (Å²) in [4.78, 5) is 4.52. The molecule has 1 aliphatic carbocycles. The Balaban J connectivity index is 1.25. The summed E-state index contributed by atoms with van der Waals surface area (Å²) in [5.74, 6) is 0.771. The summed E-state index contributed by atoms with van der Waals surface area (Å²) in [7, 11) is 0. The maximum atomic E-state index is 6.13. The molecule has 1 aromatic rings. The Kier molecular flexibility index (Phi) is 6.08. The summed E-state index contributed by atoms with van der Waals surface area (Å²) < 4.78 is 17.7. The molecular weight excluding hydrogens is 328 g/mol. The Bertz CT molecular complexity index is 545. The molecule has 3 aliphatic rings. The molecule has 4 rings (SSSR count). The Morgan fingerprint density at radius 3 is 2.69 bits per heavy atom. The topological polar surface area (TPSA) is 52.6 Å². The standard InChI is InChI=1S/C21H32N2O3/c1-2-4-19(5-3-1)26-20-7-6-17(16-23-20)15-22-18-8-11-25-21(14-18)9-12-24-13-10-21/h6-7,16,18-19,22H,1-5,8-15H2. The van der Waals surface area contributed by atoms with Gasteiger partial charge in [0.05, 0.1) is 5.60 Å². The van der Waals surface area contributed by atoms with E-state index in [0.717, 1.165) is 57.9 Å². The zero-order chi connectivity index (χ0) is 17.7. The molecule has 1 aromatic heterocycles. The monoisotopic (exact) mass is 360 g/mol. The number of hydrogen-bond donors (Lipinski definition) is 1. The van der Waals surface area contributed by atoms with Crippen LogP contribution in [0.2, 0.25) is 0 Å². The molecule has 26 heavy (non-hydrogen) atoms. The van der Waals surface area contributed by atoms with Gasteiger partial charge in [-0.3, -0.25) is 0 Å². The molecule has 3 fully saturated rings. The van der Waals surface area contributed by atoms with Gasteiger partial charge in [0, 0.05) is 44.7 Å². The van der Waals surface area contributed by atoms with E-state index in [1.165, 1.54) is 37.7 Å². The predicted octanol–water partition coefficient (Wildman–Crippen LogP) is 3.61. The second kappa shape index (κ2) is 8.68. The van der Waals surface area contributed by atoms with E-state index < -0.39 is 0 Å². The van der Waals surface area contributed by atoms with Crippen molar-refractivity contribution in [1.29, 1.82) is 0 Å². The molecule has 1 N–H and O–H groups in total. The van der Waals surface area contributed by atoms with E-state index in [4.69, 9.17) is 14.2 Å². The highest BCUT2D eigenvalue weighted by molar-refractivity contribution is 5.18. The van der Waals surface area contributed by atoms with Crippen LogP contribution in [0.3, 0.4) is 0 Å². The average molecular weight is 360 g/mol. The van der Waals surface area contributed by atoms with Crippen LogP contribution in [0.15, 0.2) is 18.3 Å². The van der Waals surface area contributed by atoms with E-state index in [2.05, 4.69) is 16.4 Å². The van der Waals surface area contributed by atoms with Gasteiger partial charge in [-0.1, -0.05) is 12.5 Å². The zero-order valence-electron chi connectivity index (χ0n) is 15.8. The van der Waals surface area contributed by atoms with E-state index in [0.29, 0.717) is 12.1 Å². The fraction of sp³-hybridized carbons (Fsp3) is 0.762. The minimum absolute atomic E-state index is 0.0457. The quantitative estimate of drug-likeness (QED) is 0.869. The van der Waals surface area contributed by atoms with Gasteiger partial charge in [-0.2, -0.15) is 0 Å². The van der Waals surface area contributed by atoms with E-state index in [1.54, 1.807) is 0 Å². The van der Waals surface area contributed by atoms with Crippen molar-refractivity contribution < 1.29 is 14.2 Å². The van der Waals surface area contributed by atoms with Crippen LogP contribution in [0.4, 0.5) is 0 Å². The van der Waals surface area contributed by atoms with Gasteiger partial charge in [0.25, 0.3) is 0 Å². The van der Waals surface area contributed by atoms with Crippen LogP contribution < -0.4 is 10.1 Å². The van der Waals surface area contributed by atoms with Crippen LogP contribution in [0, 0.1) is 0 Å². The first-order valence-corrected chi connectivity index (χ1v) is 10.4. The van der Waals surface area contributed by atoms with Crippen LogP contribution in [0.25, 0.3) is 0 Å². The molecule has 3 heterocycles. The summed E-state index contributed by atoms with van der Waals surface area (Å²) in [6, 6.07) is 4.68. The first-order valence-electron chi connectivity index (χ1n) is 10.4. The number of nitrogens with one attached hydrogen (secondary N) is 1. The highest BCUT2D eigenvalue weighted by Crippen LogP contribution is 2.34. The van der Waals surface area contributed by atoms with E-state index in [1.807, 2.05) is 12.3 Å². The summed E-state index contributed by atoms with van der Waals surface area (Å²) in [5.41, 5.74) is 1.26. The number of rotatable bonds is 5. The van der Waals surface area contributed by atoms with Crippen LogP contribution in [0.5, 0.6) is 5.88 Å². The minimum Gasteiger partial charge on any atom is -0.474 e. The van der Waals surface area contributed by atoms with Crippen molar-refractivity contribution in [3.8, 4) is 5.88 Å². The molecule has 144 valence electrons. The average Bonchev–Trinajstić information content (AvgIpc) is 2.69. The van der Waals surface area contributed by atoms with Crippen molar-refractivity contribution in [2.45, 2.75) is 82.1 Å². The van der Waals surface area contributed by atoms with Crippen molar-refractivity contribution in [3.05, 3.63) is 23.9 Å². The van der Waals surface area contributed by atoms with E-state index >= 15 is 0 Å². The summed E-state index contributed by atoms with van der Waals surface area (Å²) >= 11 is 0. The molecule has 2 saturated heterocycles. The molecule has 5 nitrogen and oxygen atoms in total. The van der Waals surface area contributed by atoms with Crippen LogP contribution in [-0.4, -0.2) is 42.6 Å². The lowest BCUT2D eigenvalue weighted by Gasteiger charge is -2.43. The second-order valence-electron chi connectivity index (χ2n) is 8.10. The van der Waals surface area contributed by atoms with Gasteiger partial charge < -0.3 is 19.5 Å². The van der Waals surface area contributed by atoms with Gasteiger partial charge in [-0.05, 0) is 56.9 Å². The lowest BCUT2D eigenvalue weighted by Crippen LogP contribution is -2.49. The van der Waals surface area contributed by atoms with Crippen molar-refractivity contribution in [1.82, 2.24) is 10.3 Å². The maximum Gasteiger partial charge on any atom is 0.213 e. The Morgan fingerprint density at radius 1 is 1.08 bits per heavy atom. The van der Waals surface area contributed by atoms with E-state index in [9.17, 15) is 0 Å². The predicted molar refractivity (Wildman–Crippen MR) is 100 cm³/mol. The SMILES string of the molecule is c1cc(OC2CCCCC2)ncc1CNC1CCOC2(CCOCC2)C1. The number of aromatic nitrogens is 1. The minimum atomic E-state index is 0.0457. The second-order valence-corrected chi connectivity index (χ2v) is 8.10. The highest BCUT2D eigenvalue weighted by Gasteiger charge is 2.38. The zero-order valence-corrected chi connectivity index (χ0v) is 15.8. The molecule has 1 atom stereocenters. The number of ether oxygens (including phenoxy) is 3. The maximum absolute atomic E-state index is 6.13. The third-order valence-corrected chi connectivity index (χ3v) is 6.13. The number of nitrogens with zero attached hydrogens (tertiary/aromatic N) is 1. The third-order valence-electron chi connectivity index (χ3n) is 6.13. The molecule has 0 amide bonds. The van der Waals surface area contributed by atoms with Crippen LogP contribution >= 0.6 is 0 Å². The third kappa shape index (κ3) is 4.76. The smallest absolute Gasteiger partial charge is 0.213 e. The lowest BCUT2D eigenvalue weighted by molar-refractivity contribution is -0.140. The molecule has 1 spiro atoms. The van der Waals surface area contributed by atoms with Crippen molar-refractivity contribution in [2.24, 2.45) is 0 Å². The van der Waals surface area contributed by atoms with E-state index in [-0.39, 0.29) is 5.60 Å². The lowest BCUT2D eigenvalue weighted by atomic mass is 9.84. The van der Waals surface area contributed by atoms with Gasteiger partial charge in [0.1, 0.15) is 6.10 Å². The normalized spacial score (nSPS) is 26.7. The molecule has 0 bridgehead atoms. The van der Waals surface area contributed by atoms with Crippen molar-refractivity contribution in [3.63, 3.8) is 0 Å². The molecule has 1 saturated carbocycles. The van der Waals surface area contributed by atoms with Gasteiger partial charge in [0.2, 0.25) is 5.88 Å². The fourth-order valence-corrected chi connectivity index (χ4v) is 4.49. The summed E-state index contributed by atoms with van der Waals surface area (Å²) in [5, 5.41) is 3.71. The molecule has 0 aromatic carbocycles. The number of pyridine rings is 1. The Labute approximate surface area is 156 Å². The largest absolute Gasteiger partial charge is 0.474 e. The first-order chi connectivity index (χ1) is 12.8. The van der Waals surface area contributed by atoms with Gasteiger partial charge in [0.15, 0.2) is 0 Å². The Hall–Kier alpha value is -1.17. The van der Waals surface area contributed by atoms with Crippen molar-refractivity contribution in [2.75, 3.05) is 19.8 Å². The highest BCUT2D eigenvalue weighted by atomic mass is 16.5. The number of hydrogen-bond acceptors (Lipinski definition) is 5. The molecule has 2 aliphatic heterocycles. The molecule has 5 heteroatoms. The summed E-state index contributed by atoms with van der Waals surface area (Å²) in [6.07, 6.45) is 12.8. The summed E-state index contributed by atoms with van der Waals surface area (Å²) in [6.45, 7) is 3.37. The van der Waals surface area contributed by atoms with Crippen LogP contribution in [-0.2, 0) is 16.0 Å². The molecule has 1 unspecified atom stereocenters. The van der Waals surface area contributed by atoms with Gasteiger partial charge >= 0.3 is 0 Å². The van der Waals surface area contributed by atoms with Gasteiger partial charge in [-0.25, -0.2) is 4.98 Å². The molecule has 0 radical (unpaired) electrons. The first kappa shape index (κ1) is 18.2. The van der Waals surface area contributed by atoms with Gasteiger partial charge in [-0.15, -0.1) is 0 Å². The van der Waals surface area contributed by atoms with Crippen molar-refractivity contribution >= 4 is 0 Å².